The second-order valence-corrected chi connectivity index (χ2v) is 14.5. The molecule has 0 spiro atoms. The molecule has 0 aliphatic carbocycles. The first-order chi connectivity index (χ1) is 27.9. The summed E-state index contributed by atoms with van der Waals surface area (Å²) < 4.78 is 65.4. The van der Waals surface area contributed by atoms with Crippen molar-refractivity contribution in [1.29, 1.82) is 0 Å². The van der Waals surface area contributed by atoms with E-state index in [1.807, 2.05) is 49.2 Å². The van der Waals surface area contributed by atoms with Gasteiger partial charge in [0.1, 0.15) is 0 Å². The van der Waals surface area contributed by atoms with Crippen molar-refractivity contribution in [3.63, 3.8) is 0 Å². The number of aliphatic hydroxyl groups is 3. The van der Waals surface area contributed by atoms with Gasteiger partial charge in [-0.2, -0.15) is 13.2 Å². The van der Waals surface area contributed by atoms with Crippen molar-refractivity contribution in [3.8, 4) is 34.2 Å². The minimum absolute atomic E-state index is 0. The van der Waals surface area contributed by atoms with E-state index < -0.39 is 15.6 Å². The van der Waals surface area contributed by atoms with Crippen LogP contribution in [0.5, 0.6) is 0 Å². The molecule has 0 aromatic carbocycles. The number of hydrogen-bond acceptors (Lipinski definition) is 12. The molecule has 61 heavy (non-hydrogen) atoms. The summed E-state index contributed by atoms with van der Waals surface area (Å²) in [5.41, 5.74) is 2.08. The molecule has 9 rings (SSSR count). The van der Waals surface area contributed by atoms with Gasteiger partial charge in [-0.25, -0.2) is 8.42 Å². The molecule has 0 amide bonds. The second-order valence-electron chi connectivity index (χ2n) is 13.1. The molecule has 9 heterocycles. The number of aliphatic hydroxyl groups excluding tert-OH is 3. The van der Waals surface area contributed by atoms with Crippen LogP contribution < -0.4 is 0 Å². The predicted octanol–water partition coefficient (Wildman–Crippen LogP) is 5.03. The summed E-state index contributed by atoms with van der Waals surface area (Å²) in [6, 6.07) is 15.1. The summed E-state index contributed by atoms with van der Waals surface area (Å²) in [5.74, 6) is 3.00. The van der Waals surface area contributed by atoms with Crippen LogP contribution in [-0.4, -0.2) is 96.2 Å². The number of hydrogen-bond donors (Lipinski definition) is 3. The van der Waals surface area contributed by atoms with E-state index in [0.717, 1.165) is 90.1 Å². The predicted molar refractivity (Wildman–Crippen MR) is 212 cm³/mol. The third-order valence-electron chi connectivity index (χ3n) is 7.66. The Morgan fingerprint density at radius 3 is 1.36 bits per heavy atom. The van der Waals surface area contributed by atoms with Crippen LogP contribution in [0.1, 0.15) is 57.4 Å². The molecule has 0 saturated carbocycles. The van der Waals surface area contributed by atoms with Crippen LogP contribution in [0, 0.1) is 25.1 Å². The van der Waals surface area contributed by atoms with Gasteiger partial charge in [0, 0.05) is 115 Å². The van der Waals surface area contributed by atoms with Crippen molar-refractivity contribution in [3.05, 3.63) is 109 Å². The van der Waals surface area contributed by atoms with E-state index in [1.54, 1.807) is 53.2 Å². The monoisotopic (exact) mass is 1230 g/mol. The number of rotatable bonds is 0. The summed E-state index contributed by atoms with van der Waals surface area (Å²) in [4.78, 5) is 25.9. The molecule has 0 bridgehead atoms. The smallest absolute Gasteiger partial charge is 0.485 e. The number of aromatic nitrogens is 9. The van der Waals surface area contributed by atoms with E-state index in [-0.39, 0.29) is 59.0 Å². The fourth-order valence-corrected chi connectivity index (χ4v) is 5.39. The molecular weight excluding hydrogens is 1180 g/mol. The molecule has 3 aliphatic rings. The first kappa shape index (κ1) is 55.0. The van der Waals surface area contributed by atoms with Crippen molar-refractivity contribution < 1.29 is 81.7 Å². The van der Waals surface area contributed by atoms with Crippen LogP contribution in [0.15, 0.2) is 67.8 Å². The number of fused-ring (bicyclic) bond motifs is 9. The third kappa shape index (κ3) is 17.0. The minimum Gasteiger partial charge on any atom is -0.741 e. The molecule has 338 valence electrons. The van der Waals surface area contributed by atoms with E-state index in [4.69, 9.17) is 28.3 Å². The maximum atomic E-state index is 10.7. The molecule has 6 aromatic rings. The zero-order valence-electron chi connectivity index (χ0n) is 34.3. The van der Waals surface area contributed by atoms with Crippen molar-refractivity contribution in [2.75, 3.05) is 6.61 Å². The van der Waals surface area contributed by atoms with Crippen molar-refractivity contribution >= 4 is 10.1 Å². The molecule has 3 N–H and O–H groups in total. The Labute approximate surface area is 381 Å². The zero-order valence-corrected chi connectivity index (χ0v) is 39.9. The van der Waals surface area contributed by atoms with Crippen LogP contribution in [0.25, 0.3) is 34.2 Å². The molecule has 2 radical (unpaired) electrons. The number of pyridine rings is 3. The standard InChI is InChI=1S/C11H10N3.2C10H8N3.2C3H8O.C2H6O.CHF3O3S.2Ir/c1-8-7-13-11-9-3-2-5-12-10(9)4-6-14(8)11;2*1-2-8-9(11-4-1)3-6-13-7-5-12-10(8)13;2*1-3(2)4;1-2-3;2-1(3,4)8(5,6)7;;/h2,5,7H,4,6H2,1H3;2*1,4-5,7H,3,6H2;2*3-4H,1-2H3;3H,2H2,1H3;(H,5,6,7);;/q3*-1;;;;;;/p-1. The number of halogens is 3. The largest absolute Gasteiger partial charge is 0.741 e. The molecular formula is C40H48F3Ir2N9O6S-4. The molecule has 21 heteroatoms. The number of imidazole rings is 3. The first-order valence-corrected chi connectivity index (χ1v) is 19.9. The molecule has 3 aliphatic heterocycles. The topological polar surface area (TPSA) is 210 Å². The van der Waals surface area contributed by atoms with Crippen LogP contribution in [-0.2, 0) is 89.2 Å². The van der Waals surface area contributed by atoms with Gasteiger partial charge in [0.05, 0.1) is 17.5 Å². The van der Waals surface area contributed by atoms with E-state index in [1.165, 1.54) is 5.69 Å². The molecule has 6 aromatic heterocycles. The SMILES string of the molecule is CC(C)O.CC(C)O.CCO.Cc1cnc2n1CCc1ncc[c-]c1-2.O=S(=O)([O-])C(F)(F)F.[Ir].[Ir].[c-]1ccnc2c1-c1nccn1CC2.[c-]1ccnc2c1-c1nccn1CC2. The van der Waals surface area contributed by atoms with Crippen LogP contribution in [0.4, 0.5) is 13.2 Å². The normalized spacial score (nSPS) is 12.2. The summed E-state index contributed by atoms with van der Waals surface area (Å²) in [7, 11) is -6.09. The Hall–Kier alpha value is -4.04. The maximum absolute atomic E-state index is 10.7. The fraction of sp³-hybridized carbons (Fsp3) is 0.400. The van der Waals surface area contributed by atoms with Crippen molar-refractivity contribution in [2.45, 2.75) is 98.2 Å². The van der Waals surface area contributed by atoms with Gasteiger partial charge in [-0.1, -0.05) is 35.3 Å². The number of aryl methyl sites for hydroxylation is 6. The maximum Gasteiger partial charge on any atom is 0.485 e. The Morgan fingerprint density at radius 1 is 0.689 bits per heavy atom. The van der Waals surface area contributed by atoms with Crippen LogP contribution in [0.2, 0.25) is 0 Å². The Bertz CT molecular complexity index is 2210. The second kappa shape index (κ2) is 26.4. The van der Waals surface area contributed by atoms with E-state index in [0.29, 0.717) is 0 Å². The van der Waals surface area contributed by atoms with Gasteiger partial charge < -0.3 is 48.5 Å². The number of nitrogens with zero attached hydrogens (tertiary/aromatic N) is 9. The molecule has 0 saturated heterocycles. The van der Waals surface area contributed by atoms with Gasteiger partial charge in [-0.05, 0) is 77.9 Å². The molecule has 0 unspecified atom stereocenters. The molecule has 0 fully saturated rings. The van der Waals surface area contributed by atoms with Gasteiger partial charge in [0.15, 0.2) is 10.1 Å². The number of alkyl halides is 3. The van der Waals surface area contributed by atoms with E-state index in [9.17, 15) is 13.2 Å². The molecule has 15 nitrogen and oxygen atoms in total. The quantitative estimate of drug-likeness (QED) is 0.104. The van der Waals surface area contributed by atoms with Crippen LogP contribution >= 0.6 is 0 Å². The third-order valence-corrected chi connectivity index (χ3v) is 8.22. The van der Waals surface area contributed by atoms with Crippen molar-refractivity contribution in [1.82, 2.24) is 43.6 Å². The van der Waals surface area contributed by atoms with E-state index in [2.05, 4.69) is 68.7 Å². The average molecular weight is 1220 g/mol. The zero-order chi connectivity index (χ0) is 43.8. The first-order valence-electron chi connectivity index (χ1n) is 18.5. The van der Waals surface area contributed by atoms with Crippen LogP contribution in [0.3, 0.4) is 0 Å². The van der Waals surface area contributed by atoms with Crippen molar-refractivity contribution in [2.24, 2.45) is 0 Å². The van der Waals surface area contributed by atoms with E-state index >= 15 is 0 Å². The summed E-state index contributed by atoms with van der Waals surface area (Å²) >= 11 is 0. The van der Waals surface area contributed by atoms with Gasteiger partial charge in [-0.3, -0.25) is 15.0 Å². The summed E-state index contributed by atoms with van der Waals surface area (Å²) in [6.07, 6.45) is 17.5. The van der Waals surface area contributed by atoms with Gasteiger partial charge in [0.2, 0.25) is 0 Å². The Kier molecular flexibility index (Phi) is 23.8. The summed E-state index contributed by atoms with van der Waals surface area (Å²) in [6.45, 7) is 13.8. The Morgan fingerprint density at radius 2 is 1.02 bits per heavy atom. The van der Waals surface area contributed by atoms with Gasteiger partial charge >= 0.3 is 5.51 Å². The van der Waals surface area contributed by atoms with Gasteiger partial charge in [-0.15, -0.1) is 36.4 Å². The average Bonchev–Trinajstić information content (AvgIpc) is 3.95. The summed E-state index contributed by atoms with van der Waals surface area (Å²) in [5, 5.41) is 23.7. The minimum atomic E-state index is -6.09. The fourth-order valence-electron chi connectivity index (χ4n) is 5.39. The Balaban J connectivity index is 0.000000377. The van der Waals surface area contributed by atoms with Gasteiger partial charge in [0.25, 0.3) is 0 Å². The molecule has 0 atom stereocenters.